The van der Waals surface area contributed by atoms with Gasteiger partial charge in [0.1, 0.15) is 0 Å². The van der Waals surface area contributed by atoms with Crippen molar-refractivity contribution in [1.82, 2.24) is 4.57 Å². The molecule has 1 N–H and O–H groups in total. The summed E-state index contributed by atoms with van der Waals surface area (Å²) >= 11 is 0. The van der Waals surface area contributed by atoms with Crippen molar-refractivity contribution < 1.29 is 14.7 Å². The summed E-state index contributed by atoms with van der Waals surface area (Å²) in [5, 5.41) is 9.60. The predicted molar refractivity (Wildman–Crippen MR) is 95.4 cm³/mol. The number of carbonyl (C=O) groups is 2. The highest BCUT2D eigenvalue weighted by molar-refractivity contribution is 6.00. The van der Waals surface area contributed by atoms with Crippen molar-refractivity contribution in [3.63, 3.8) is 0 Å². The Labute approximate surface area is 145 Å². The number of para-hydroxylation sites is 1. The lowest BCUT2D eigenvalue weighted by Gasteiger charge is -2.18. The molecular weight excluding hydrogens is 314 g/mol. The van der Waals surface area contributed by atoms with E-state index < -0.39 is 5.97 Å². The second-order valence-corrected chi connectivity index (χ2v) is 6.19. The van der Waals surface area contributed by atoms with Crippen molar-refractivity contribution >= 4 is 11.8 Å². The summed E-state index contributed by atoms with van der Waals surface area (Å²) in [7, 11) is 0. The predicted octanol–water partition coefficient (Wildman–Crippen LogP) is 4.36. The molecule has 0 amide bonds. The number of hydrogen-bond donors (Lipinski definition) is 1. The van der Waals surface area contributed by atoms with Gasteiger partial charge in [0.2, 0.25) is 0 Å². The van der Waals surface area contributed by atoms with Crippen LogP contribution in [-0.4, -0.2) is 21.4 Å². The molecule has 4 heteroatoms. The van der Waals surface area contributed by atoms with Crippen LogP contribution in [0.5, 0.6) is 0 Å². The summed E-state index contributed by atoms with van der Waals surface area (Å²) < 4.78 is 1.95. The quantitative estimate of drug-likeness (QED) is 0.775. The maximum absolute atomic E-state index is 12.4. The molecule has 0 atom stereocenters. The van der Waals surface area contributed by atoms with E-state index >= 15 is 0 Å². The molecule has 0 radical (unpaired) electrons. The normalized spacial score (nSPS) is 13.5. The largest absolute Gasteiger partial charge is 0.478 e. The monoisotopic (exact) mass is 331 g/mol. The zero-order valence-corrected chi connectivity index (χ0v) is 13.6. The first-order valence-electron chi connectivity index (χ1n) is 8.33. The van der Waals surface area contributed by atoms with Gasteiger partial charge in [-0.3, -0.25) is 4.79 Å². The van der Waals surface area contributed by atoms with Crippen molar-refractivity contribution in [2.75, 3.05) is 0 Å². The molecule has 124 valence electrons. The molecule has 0 aliphatic heterocycles. The first-order valence-corrected chi connectivity index (χ1v) is 8.33. The lowest BCUT2D eigenvalue weighted by molar-refractivity contribution is 0.0696. The summed E-state index contributed by atoms with van der Waals surface area (Å²) in [4.78, 5) is 24.1. The van der Waals surface area contributed by atoms with Crippen molar-refractivity contribution in [2.24, 2.45) is 0 Å². The highest BCUT2D eigenvalue weighted by Gasteiger charge is 2.26. The minimum atomic E-state index is -0.973. The molecule has 0 spiro atoms. The number of benzene rings is 2. The molecule has 1 aliphatic carbocycles. The second kappa shape index (κ2) is 6.06. The van der Waals surface area contributed by atoms with Gasteiger partial charge in [0.25, 0.3) is 0 Å². The molecule has 1 heterocycles. The van der Waals surface area contributed by atoms with Crippen molar-refractivity contribution in [2.45, 2.75) is 19.3 Å². The third-order valence-electron chi connectivity index (χ3n) is 4.67. The van der Waals surface area contributed by atoms with Gasteiger partial charge in [-0.25, -0.2) is 4.79 Å². The third kappa shape index (κ3) is 2.56. The lowest BCUT2D eigenvalue weighted by atomic mass is 9.96. The van der Waals surface area contributed by atoms with E-state index in [1.54, 1.807) is 18.2 Å². The summed E-state index contributed by atoms with van der Waals surface area (Å²) in [5.74, 6) is -0.843. The Morgan fingerprint density at radius 3 is 2.44 bits per heavy atom. The molecule has 4 nitrogen and oxygen atoms in total. The number of hydrogen-bond acceptors (Lipinski definition) is 2. The fourth-order valence-corrected chi connectivity index (χ4v) is 3.54. The van der Waals surface area contributed by atoms with Gasteiger partial charge < -0.3 is 9.67 Å². The fraction of sp³-hybridized carbons (Fsp3) is 0.143. The van der Waals surface area contributed by atoms with Crippen LogP contribution < -0.4 is 0 Å². The topological polar surface area (TPSA) is 59.3 Å². The van der Waals surface area contributed by atoms with Crippen molar-refractivity contribution in [3.8, 4) is 16.9 Å². The summed E-state index contributed by atoms with van der Waals surface area (Å²) in [6.07, 6.45) is 2.10. The smallest absolute Gasteiger partial charge is 0.337 e. The maximum atomic E-state index is 12.4. The van der Waals surface area contributed by atoms with E-state index in [4.69, 9.17) is 0 Å². The number of Topliss-reactive ketones (excluding diaryl/α,β-unsaturated/α-hetero) is 1. The number of nitrogens with zero attached hydrogens (tertiary/aromatic N) is 1. The van der Waals surface area contributed by atoms with E-state index in [-0.39, 0.29) is 11.3 Å². The molecule has 3 aromatic rings. The Morgan fingerprint density at radius 1 is 0.960 bits per heavy atom. The Kier molecular flexibility index (Phi) is 3.73. The zero-order valence-electron chi connectivity index (χ0n) is 13.6. The maximum Gasteiger partial charge on any atom is 0.337 e. The molecule has 0 fully saturated rings. The molecule has 0 saturated heterocycles. The van der Waals surface area contributed by atoms with Crippen molar-refractivity contribution in [1.29, 1.82) is 0 Å². The van der Waals surface area contributed by atoms with Crippen LogP contribution in [0.1, 0.15) is 39.3 Å². The number of rotatable bonds is 3. The number of carbonyl (C=O) groups excluding carboxylic acids is 1. The van der Waals surface area contributed by atoms with E-state index in [0.29, 0.717) is 17.7 Å². The van der Waals surface area contributed by atoms with E-state index in [1.165, 1.54) is 0 Å². The number of fused-ring (bicyclic) bond motifs is 1. The molecule has 1 aliphatic rings. The molecule has 1 aromatic heterocycles. The summed E-state index contributed by atoms with van der Waals surface area (Å²) in [6.45, 7) is 0. The average Bonchev–Trinajstić information content (AvgIpc) is 3.03. The van der Waals surface area contributed by atoms with Gasteiger partial charge in [-0.1, -0.05) is 42.5 Å². The van der Waals surface area contributed by atoms with Gasteiger partial charge >= 0.3 is 5.97 Å². The average molecular weight is 331 g/mol. The summed E-state index contributed by atoms with van der Waals surface area (Å²) in [6, 6.07) is 18.6. The molecule has 25 heavy (non-hydrogen) atoms. The first kappa shape index (κ1) is 15.4. The minimum Gasteiger partial charge on any atom is -0.478 e. The van der Waals surface area contributed by atoms with Crippen LogP contribution in [0.25, 0.3) is 16.9 Å². The van der Waals surface area contributed by atoms with E-state index in [9.17, 15) is 14.7 Å². The molecule has 2 aromatic carbocycles. The number of aromatic nitrogens is 1. The van der Waals surface area contributed by atoms with Gasteiger partial charge in [-0.05, 0) is 36.6 Å². The molecule has 0 saturated carbocycles. The van der Waals surface area contributed by atoms with Gasteiger partial charge in [-0.15, -0.1) is 0 Å². The Morgan fingerprint density at radius 2 is 1.68 bits per heavy atom. The Balaban J connectivity index is 2.05. The van der Waals surface area contributed by atoms with Crippen LogP contribution in [0.15, 0.2) is 60.7 Å². The van der Waals surface area contributed by atoms with E-state index in [1.807, 2.05) is 47.0 Å². The van der Waals surface area contributed by atoms with Crippen LogP contribution in [0.4, 0.5) is 0 Å². The minimum absolute atomic E-state index is 0.130. The highest BCUT2D eigenvalue weighted by Crippen LogP contribution is 2.34. The molecular formula is C21H17NO3. The first-order chi connectivity index (χ1) is 12.2. The summed E-state index contributed by atoms with van der Waals surface area (Å²) in [5.41, 5.74) is 4.27. The number of carboxylic acid groups (broad SMARTS) is 1. The van der Waals surface area contributed by atoms with Crippen LogP contribution in [0.3, 0.4) is 0 Å². The zero-order chi connectivity index (χ0) is 17.4. The second-order valence-electron chi connectivity index (χ2n) is 6.19. The van der Waals surface area contributed by atoms with E-state index in [2.05, 4.69) is 0 Å². The molecule has 0 bridgehead atoms. The van der Waals surface area contributed by atoms with Gasteiger partial charge in [-0.2, -0.15) is 0 Å². The van der Waals surface area contributed by atoms with Crippen LogP contribution in [0, 0.1) is 0 Å². The standard InChI is InChI=1S/C21H17NO3/c23-20-12-6-11-18-16(20)13-19(14-7-2-1-3-8-14)22(18)17-10-5-4-9-15(17)21(24)25/h1-5,7-10,13H,6,11-12H2,(H,24,25). The Bertz CT molecular complexity index is 970. The highest BCUT2D eigenvalue weighted by atomic mass is 16.4. The number of ketones is 1. The lowest BCUT2D eigenvalue weighted by Crippen LogP contribution is -2.14. The van der Waals surface area contributed by atoms with Crippen molar-refractivity contribution in [3.05, 3.63) is 77.5 Å². The fourth-order valence-electron chi connectivity index (χ4n) is 3.54. The van der Waals surface area contributed by atoms with Crippen LogP contribution in [0.2, 0.25) is 0 Å². The number of carboxylic acids is 1. The SMILES string of the molecule is O=C(O)c1ccccc1-n1c(-c2ccccc2)cc2c1CCCC2=O. The molecule has 0 unspecified atom stereocenters. The van der Waals surface area contributed by atoms with Gasteiger partial charge in [0, 0.05) is 17.7 Å². The Hall–Kier alpha value is -3.14. The van der Waals surface area contributed by atoms with Crippen LogP contribution >= 0.6 is 0 Å². The third-order valence-corrected chi connectivity index (χ3v) is 4.67. The van der Waals surface area contributed by atoms with E-state index in [0.717, 1.165) is 29.8 Å². The van der Waals surface area contributed by atoms with Crippen LogP contribution in [-0.2, 0) is 6.42 Å². The van der Waals surface area contributed by atoms with Gasteiger partial charge in [0.15, 0.2) is 5.78 Å². The van der Waals surface area contributed by atoms with Gasteiger partial charge in [0.05, 0.1) is 16.9 Å². The number of aromatic carboxylic acids is 1. The molecule has 4 rings (SSSR count).